The monoisotopic (exact) mass is 439 g/mol. The number of likely N-dealkylation sites (tertiary alicyclic amines) is 1. The van der Waals surface area contributed by atoms with Gasteiger partial charge in [0.05, 0.1) is 0 Å². The summed E-state index contributed by atoms with van der Waals surface area (Å²) in [6.45, 7) is 7.89. The number of hydrogen-bond donors (Lipinski definition) is 1. The lowest BCUT2D eigenvalue weighted by Crippen LogP contribution is -2.45. The zero-order valence-corrected chi connectivity index (χ0v) is 19.4. The molecule has 5 heterocycles. The van der Waals surface area contributed by atoms with E-state index in [1.165, 1.54) is 45.1 Å². The summed E-state index contributed by atoms with van der Waals surface area (Å²) in [6, 6.07) is 0.645. The van der Waals surface area contributed by atoms with E-state index in [0.717, 1.165) is 74.8 Å². The summed E-state index contributed by atoms with van der Waals surface area (Å²) < 4.78 is 2.29. The Morgan fingerprint density at radius 3 is 2.72 bits per heavy atom. The van der Waals surface area contributed by atoms with Crippen molar-refractivity contribution in [2.24, 2.45) is 5.92 Å². The van der Waals surface area contributed by atoms with Crippen molar-refractivity contribution in [2.75, 3.05) is 37.6 Å². The fraction of sp³-hybridized carbons (Fsp3) is 0.750. The first-order valence-electron chi connectivity index (χ1n) is 12.7. The summed E-state index contributed by atoms with van der Waals surface area (Å²) in [5.41, 5.74) is 1.90. The summed E-state index contributed by atoms with van der Waals surface area (Å²) in [4.78, 5) is 31.7. The van der Waals surface area contributed by atoms with Gasteiger partial charge < -0.3 is 14.8 Å². The number of hydrogen-bond acceptors (Lipinski definition) is 6. The number of fused-ring (bicyclic) bond motifs is 3. The average Bonchev–Trinajstić information content (AvgIpc) is 3.01. The first-order chi connectivity index (χ1) is 15.7. The highest BCUT2D eigenvalue weighted by Crippen LogP contribution is 2.29. The number of amides is 1. The lowest BCUT2D eigenvalue weighted by molar-refractivity contribution is -0.125. The Morgan fingerprint density at radius 1 is 1.03 bits per heavy atom. The Hall–Kier alpha value is -2.22. The van der Waals surface area contributed by atoms with Gasteiger partial charge in [-0.1, -0.05) is 12.8 Å². The Kier molecular flexibility index (Phi) is 6.57. The van der Waals surface area contributed by atoms with Gasteiger partial charge in [0.15, 0.2) is 17.0 Å². The molecular formula is C24H37N7O. The van der Waals surface area contributed by atoms with Gasteiger partial charge in [0.1, 0.15) is 12.2 Å². The molecule has 3 aliphatic rings. The summed E-state index contributed by atoms with van der Waals surface area (Å²) in [7, 11) is 0. The summed E-state index contributed by atoms with van der Waals surface area (Å²) in [6.07, 6.45) is 12.0. The van der Waals surface area contributed by atoms with Crippen LogP contribution in [0.15, 0.2) is 6.33 Å². The average molecular weight is 440 g/mol. The SMILES string of the molecule is CC1CCCCN1CCNC(=O)C1CCN(c2ncnc3c2nc2n3CCCCC2)CC1. The van der Waals surface area contributed by atoms with E-state index in [0.29, 0.717) is 6.04 Å². The van der Waals surface area contributed by atoms with Crippen LogP contribution in [0.25, 0.3) is 11.2 Å². The molecule has 1 N–H and O–H groups in total. The van der Waals surface area contributed by atoms with Gasteiger partial charge in [-0.15, -0.1) is 0 Å². The molecule has 0 radical (unpaired) electrons. The van der Waals surface area contributed by atoms with Crippen LogP contribution in [0.3, 0.4) is 0 Å². The number of aryl methyl sites for hydroxylation is 2. The third-order valence-electron chi connectivity index (χ3n) is 7.68. The molecule has 0 spiro atoms. The maximum Gasteiger partial charge on any atom is 0.223 e. The van der Waals surface area contributed by atoms with Gasteiger partial charge >= 0.3 is 0 Å². The van der Waals surface area contributed by atoms with E-state index in [1.807, 2.05) is 0 Å². The van der Waals surface area contributed by atoms with Crippen molar-refractivity contribution in [3.8, 4) is 0 Å². The van der Waals surface area contributed by atoms with Gasteiger partial charge in [-0.3, -0.25) is 9.69 Å². The van der Waals surface area contributed by atoms with E-state index < -0.39 is 0 Å². The van der Waals surface area contributed by atoms with Crippen LogP contribution in [-0.4, -0.2) is 69.1 Å². The second-order valence-corrected chi connectivity index (χ2v) is 9.79. The van der Waals surface area contributed by atoms with Gasteiger partial charge in [-0.05, 0) is 52.0 Å². The van der Waals surface area contributed by atoms with E-state index in [2.05, 4.69) is 36.6 Å². The number of aromatic nitrogens is 4. The molecule has 1 atom stereocenters. The predicted molar refractivity (Wildman–Crippen MR) is 126 cm³/mol. The van der Waals surface area contributed by atoms with E-state index in [1.54, 1.807) is 6.33 Å². The lowest BCUT2D eigenvalue weighted by Gasteiger charge is -2.34. The highest BCUT2D eigenvalue weighted by molar-refractivity contribution is 5.84. The molecule has 0 aromatic carbocycles. The Labute approximate surface area is 190 Å². The Balaban J connectivity index is 1.17. The molecule has 2 aromatic rings. The summed E-state index contributed by atoms with van der Waals surface area (Å²) in [5.74, 6) is 2.40. The fourth-order valence-electron chi connectivity index (χ4n) is 5.67. The number of rotatable bonds is 5. The third-order valence-corrected chi connectivity index (χ3v) is 7.68. The van der Waals surface area contributed by atoms with Crippen LogP contribution >= 0.6 is 0 Å². The maximum atomic E-state index is 12.8. The van der Waals surface area contributed by atoms with E-state index in [9.17, 15) is 4.79 Å². The number of nitrogens with zero attached hydrogens (tertiary/aromatic N) is 6. The molecule has 0 bridgehead atoms. The van der Waals surface area contributed by atoms with Gasteiger partial charge in [-0.2, -0.15) is 0 Å². The van der Waals surface area contributed by atoms with Crippen molar-refractivity contribution in [2.45, 2.75) is 77.3 Å². The van der Waals surface area contributed by atoms with Gasteiger partial charge in [0, 0.05) is 51.1 Å². The van der Waals surface area contributed by atoms with E-state index >= 15 is 0 Å². The smallest absolute Gasteiger partial charge is 0.223 e. The summed E-state index contributed by atoms with van der Waals surface area (Å²) in [5, 5.41) is 3.20. The van der Waals surface area contributed by atoms with Crippen LogP contribution in [0.5, 0.6) is 0 Å². The van der Waals surface area contributed by atoms with Crippen LogP contribution in [0, 0.1) is 5.92 Å². The Morgan fingerprint density at radius 2 is 1.88 bits per heavy atom. The molecule has 0 aliphatic carbocycles. The topological polar surface area (TPSA) is 79.2 Å². The van der Waals surface area contributed by atoms with Crippen molar-refractivity contribution >= 4 is 22.9 Å². The van der Waals surface area contributed by atoms with Crippen molar-refractivity contribution in [3.05, 3.63) is 12.2 Å². The second-order valence-electron chi connectivity index (χ2n) is 9.79. The molecule has 1 unspecified atom stereocenters. The maximum absolute atomic E-state index is 12.8. The number of carbonyl (C=O) groups excluding carboxylic acids is 1. The highest BCUT2D eigenvalue weighted by Gasteiger charge is 2.28. The Bertz CT molecular complexity index is 934. The van der Waals surface area contributed by atoms with Crippen molar-refractivity contribution in [3.63, 3.8) is 0 Å². The molecule has 1 amide bonds. The molecule has 2 fully saturated rings. The molecule has 8 heteroatoms. The minimum Gasteiger partial charge on any atom is -0.355 e. The van der Waals surface area contributed by atoms with Gasteiger partial charge in [0.25, 0.3) is 0 Å². The summed E-state index contributed by atoms with van der Waals surface area (Å²) >= 11 is 0. The fourth-order valence-corrected chi connectivity index (χ4v) is 5.67. The lowest BCUT2D eigenvalue weighted by atomic mass is 9.96. The van der Waals surface area contributed by atoms with Crippen LogP contribution in [0.1, 0.15) is 64.1 Å². The van der Waals surface area contributed by atoms with Crippen LogP contribution in [0.2, 0.25) is 0 Å². The molecular weight excluding hydrogens is 402 g/mol. The van der Waals surface area contributed by atoms with Crippen molar-refractivity contribution in [1.29, 1.82) is 0 Å². The zero-order chi connectivity index (χ0) is 21.9. The third kappa shape index (κ3) is 4.47. The first-order valence-corrected chi connectivity index (χ1v) is 12.7. The van der Waals surface area contributed by atoms with Crippen molar-refractivity contribution < 1.29 is 4.79 Å². The molecule has 2 saturated heterocycles. The minimum absolute atomic E-state index is 0.0982. The normalized spacial score (nSPS) is 23.2. The van der Waals surface area contributed by atoms with E-state index in [-0.39, 0.29) is 11.8 Å². The number of anilines is 1. The van der Waals surface area contributed by atoms with E-state index in [4.69, 9.17) is 4.98 Å². The predicted octanol–water partition coefficient (Wildman–Crippen LogP) is 2.76. The number of nitrogens with one attached hydrogen (secondary N) is 1. The molecule has 3 aliphatic heterocycles. The largest absolute Gasteiger partial charge is 0.355 e. The second kappa shape index (κ2) is 9.73. The number of carbonyl (C=O) groups is 1. The molecule has 2 aromatic heterocycles. The number of imidazole rings is 1. The molecule has 5 rings (SSSR count). The minimum atomic E-state index is 0.0982. The highest BCUT2D eigenvalue weighted by atomic mass is 16.1. The zero-order valence-electron chi connectivity index (χ0n) is 19.4. The quantitative estimate of drug-likeness (QED) is 0.772. The standard InChI is InChI=1S/C24H37N7O/c1-18-7-4-6-12-29(18)16-11-25-24(32)19-9-14-30(15-10-19)22-21-23(27-17-26-22)31-13-5-2-3-8-20(31)28-21/h17-19H,2-16H2,1H3,(H,25,32). The van der Waals surface area contributed by atoms with Crippen molar-refractivity contribution in [1.82, 2.24) is 29.7 Å². The van der Waals surface area contributed by atoms with Crippen LogP contribution in [-0.2, 0) is 17.8 Å². The number of piperidine rings is 2. The molecule has 8 nitrogen and oxygen atoms in total. The van der Waals surface area contributed by atoms with Crippen LogP contribution < -0.4 is 10.2 Å². The van der Waals surface area contributed by atoms with Gasteiger partial charge in [-0.25, -0.2) is 15.0 Å². The molecule has 0 saturated carbocycles. The molecule has 174 valence electrons. The first kappa shape index (κ1) is 21.6. The van der Waals surface area contributed by atoms with Crippen LogP contribution in [0.4, 0.5) is 5.82 Å². The molecule has 32 heavy (non-hydrogen) atoms. The van der Waals surface area contributed by atoms with Gasteiger partial charge in [0.2, 0.25) is 5.91 Å².